The summed E-state index contributed by atoms with van der Waals surface area (Å²) in [5, 5.41) is 0. The van der Waals surface area contributed by atoms with Gasteiger partial charge in [0.2, 0.25) is 0 Å². The zero-order valence-corrected chi connectivity index (χ0v) is 13.8. The fourth-order valence-electron chi connectivity index (χ4n) is 1.36. The van der Waals surface area contributed by atoms with E-state index in [1.807, 2.05) is 26.6 Å². The molecule has 0 aromatic heterocycles. The highest BCUT2D eigenvalue weighted by Crippen LogP contribution is 2.33. The Balaban J connectivity index is 4.83. The van der Waals surface area contributed by atoms with Crippen molar-refractivity contribution in [3.05, 3.63) is 0 Å². The van der Waals surface area contributed by atoms with E-state index < -0.39 is 25.0 Å². The molecular weight excluding hydrogens is 307 g/mol. The fourth-order valence-corrected chi connectivity index (χ4v) is 3.11. The zero-order valence-electron chi connectivity index (χ0n) is 11.2. The predicted octanol–water partition coefficient (Wildman–Crippen LogP) is 3.63. The maximum Gasteiger partial charge on any atom is 0.357 e. The summed E-state index contributed by atoms with van der Waals surface area (Å²) in [4.78, 5) is 11.6. The molecule has 0 amide bonds. The SMILES string of the molecule is CCC[C@@H](O[Si](C)(C)C)[C@@](F)(Br)C(=O)OCC. The molecule has 0 aliphatic rings. The lowest BCUT2D eigenvalue weighted by atomic mass is 10.1. The van der Waals surface area contributed by atoms with Gasteiger partial charge in [-0.3, -0.25) is 0 Å². The van der Waals surface area contributed by atoms with Gasteiger partial charge in [-0.25, -0.2) is 9.18 Å². The lowest BCUT2D eigenvalue weighted by molar-refractivity contribution is -0.155. The second-order valence-electron chi connectivity index (χ2n) is 4.85. The van der Waals surface area contributed by atoms with Crippen LogP contribution in [0.15, 0.2) is 0 Å². The van der Waals surface area contributed by atoms with Gasteiger partial charge in [-0.2, -0.15) is 0 Å². The fraction of sp³-hybridized carbons (Fsp3) is 0.909. The van der Waals surface area contributed by atoms with E-state index in [-0.39, 0.29) is 6.61 Å². The third kappa shape index (κ3) is 5.97. The second-order valence-corrected chi connectivity index (χ2v) is 10.5. The van der Waals surface area contributed by atoms with Gasteiger partial charge in [0.15, 0.2) is 8.32 Å². The number of halogens is 2. The molecule has 0 rings (SSSR count). The molecular formula is C11H22BrFO3Si. The first-order valence-corrected chi connectivity index (χ1v) is 10.1. The highest BCUT2D eigenvalue weighted by Gasteiger charge is 2.47. The van der Waals surface area contributed by atoms with Gasteiger partial charge in [0, 0.05) is 0 Å². The van der Waals surface area contributed by atoms with Crippen molar-refractivity contribution in [2.45, 2.75) is 57.0 Å². The first-order chi connectivity index (χ1) is 7.65. The summed E-state index contributed by atoms with van der Waals surface area (Å²) < 4.78 is 22.6. The van der Waals surface area contributed by atoms with Crippen LogP contribution < -0.4 is 0 Å². The summed E-state index contributed by atoms with van der Waals surface area (Å²) in [6, 6.07) is 0. The number of ether oxygens (including phenoxy) is 1. The van der Waals surface area contributed by atoms with E-state index in [4.69, 9.17) is 9.16 Å². The van der Waals surface area contributed by atoms with Crippen LogP contribution in [0.4, 0.5) is 4.39 Å². The van der Waals surface area contributed by atoms with Crippen LogP contribution in [0.25, 0.3) is 0 Å². The Morgan fingerprint density at radius 2 is 1.94 bits per heavy atom. The van der Waals surface area contributed by atoms with Crippen LogP contribution in [-0.4, -0.2) is 31.6 Å². The molecule has 17 heavy (non-hydrogen) atoms. The van der Waals surface area contributed by atoms with Crippen LogP contribution in [0.5, 0.6) is 0 Å². The highest BCUT2D eigenvalue weighted by molar-refractivity contribution is 9.10. The van der Waals surface area contributed by atoms with Gasteiger partial charge in [0.05, 0.1) is 6.61 Å². The van der Waals surface area contributed by atoms with Gasteiger partial charge in [-0.15, -0.1) is 0 Å². The monoisotopic (exact) mass is 328 g/mol. The van der Waals surface area contributed by atoms with Crippen LogP contribution in [0, 0.1) is 0 Å². The summed E-state index contributed by atoms with van der Waals surface area (Å²) >= 11 is 2.82. The maximum atomic E-state index is 14.4. The van der Waals surface area contributed by atoms with E-state index >= 15 is 0 Å². The Morgan fingerprint density at radius 3 is 2.29 bits per heavy atom. The number of hydrogen-bond donors (Lipinski definition) is 0. The molecule has 0 saturated carbocycles. The van der Waals surface area contributed by atoms with Crippen molar-refractivity contribution in [1.29, 1.82) is 0 Å². The molecule has 0 aromatic carbocycles. The molecule has 102 valence electrons. The molecule has 2 atom stereocenters. The largest absolute Gasteiger partial charge is 0.463 e. The molecule has 0 spiro atoms. The molecule has 0 radical (unpaired) electrons. The Kier molecular flexibility index (Phi) is 6.87. The van der Waals surface area contributed by atoms with Crippen LogP contribution in [0.1, 0.15) is 26.7 Å². The third-order valence-electron chi connectivity index (χ3n) is 2.00. The molecule has 0 heterocycles. The van der Waals surface area contributed by atoms with Crippen LogP contribution in [-0.2, 0) is 14.0 Å². The minimum absolute atomic E-state index is 0.155. The Hall–Kier alpha value is 0.0569. The summed E-state index contributed by atoms with van der Waals surface area (Å²) in [5.74, 6) is -0.906. The quantitative estimate of drug-likeness (QED) is 0.406. The van der Waals surface area contributed by atoms with Crippen LogP contribution in [0.3, 0.4) is 0 Å². The maximum absolute atomic E-state index is 14.4. The number of esters is 1. The average Bonchev–Trinajstić information content (AvgIpc) is 2.15. The molecule has 0 bridgehead atoms. The Bertz CT molecular complexity index is 254. The molecule has 0 N–H and O–H groups in total. The van der Waals surface area contributed by atoms with E-state index in [2.05, 4.69) is 15.9 Å². The summed E-state index contributed by atoms with van der Waals surface area (Å²) in [6.07, 6.45) is 0.426. The van der Waals surface area contributed by atoms with Crippen LogP contribution >= 0.6 is 15.9 Å². The van der Waals surface area contributed by atoms with E-state index in [1.165, 1.54) is 0 Å². The third-order valence-corrected chi connectivity index (χ3v) is 3.82. The van der Waals surface area contributed by atoms with Gasteiger partial charge in [-0.05, 0) is 48.9 Å². The lowest BCUT2D eigenvalue weighted by Crippen LogP contribution is -2.47. The van der Waals surface area contributed by atoms with Crippen molar-refractivity contribution in [3.8, 4) is 0 Å². The summed E-state index contributed by atoms with van der Waals surface area (Å²) in [7, 11) is -1.91. The topological polar surface area (TPSA) is 35.5 Å². The normalized spacial score (nSPS) is 17.4. The second kappa shape index (κ2) is 6.85. The molecule has 6 heteroatoms. The van der Waals surface area contributed by atoms with E-state index in [1.54, 1.807) is 6.92 Å². The first-order valence-electron chi connectivity index (χ1n) is 5.88. The number of carbonyl (C=O) groups excluding carboxylic acids is 1. The summed E-state index contributed by atoms with van der Waals surface area (Å²) in [6.45, 7) is 9.61. The molecule has 0 unspecified atom stereocenters. The Morgan fingerprint density at radius 1 is 1.41 bits per heavy atom. The van der Waals surface area contributed by atoms with Crippen molar-refractivity contribution in [2.24, 2.45) is 0 Å². The minimum Gasteiger partial charge on any atom is -0.463 e. The average molecular weight is 329 g/mol. The Labute approximate surface area is 112 Å². The summed E-state index contributed by atoms with van der Waals surface area (Å²) in [5.41, 5.74) is 0. The molecule has 0 saturated heterocycles. The van der Waals surface area contributed by atoms with Crippen molar-refractivity contribution < 1.29 is 18.3 Å². The number of hydrogen-bond acceptors (Lipinski definition) is 3. The van der Waals surface area contributed by atoms with Gasteiger partial charge < -0.3 is 9.16 Å². The van der Waals surface area contributed by atoms with Crippen LogP contribution in [0.2, 0.25) is 19.6 Å². The standard InChI is InChI=1S/C11H22BrFO3Si/c1-6-8-9(16-17(3,4)5)11(12,13)10(14)15-7-2/h9H,6-8H2,1-5H3/t9-,11+/m1/s1. The van der Waals surface area contributed by atoms with Crippen molar-refractivity contribution >= 4 is 30.2 Å². The minimum atomic E-state index is -2.25. The van der Waals surface area contributed by atoms with E-state index in [9.17, 15) is 9.18 Å². The van der Waals surface area contributed by atoms with Gasteiger partial charge >= 0.3 is 5.97 Å². The van der Waals surface area contributed by atoms with E-state index in [0.29, 0.717) is 6.42 Å². The van der Waals surface area contributed by atoms with E-state index in [0.717, 1.165) is 6.42 Å². The molecule has 0 aliphatic heterocycles. The first kappa shape index (κ1) is 17.1. The van der Waals surface area contributed by atoms with Crippen molar-refractivity contribution in [3.63, 3.8) is 0 Å². The molecule has 0 fully saturated rings. The van der Waals surface area contributed by atoms with Gasteiger partial charge in [0.1, 0.15) is 6.10 Å². The number of alkyl halides is 2. The zero-order chi connectivity index (χ0) is 13.7. The number of rotatable bonds is 7. The van der Waals surface area contributed by atoms with Crippen molar-refractivity contribution in [2.75, 3.05) is 6.61 Å². The molecule has 3 nitrogen and oxygen atoms in total. The molecule has 0 aromatic rings. The smallest absolute Gasteiger partial charge is 0.357 e. The molecule has 0 aliphatic carbocycles. The van der Waals surface area contributed by atoms with Gasteiger partial charge in [0.25, 0.3) is 4.58 Å². The predicted molar refractivity (Wildman–Crippen MR) is 72.5 cm³/mol. The van der Waals surface area contributed by atoms with Gasteiger partial charge in [-0.1, -0.05) is 13.3 Å². The lowest BCUT2D eigenvalue weighted by Gasteiger charge is -2.32. The highest BCUT2D eigenvalue weighted by atomic mass is 79.9. The number of carbonyl (C=O) groups is 1. The van der Waals surface area contributed by atoms with Crippen molar-refractivity contribution in [1.82, 2.24) is 0 Å².